The van der Waals surface area contributed by atoms with Gasteiger partial charge in [0, 0.05) is 5.92 Å². The summed E-state index contributed by atoms with van der Waals surface area (Å²) in [7, 11) is 0. The van der Waals surface area contributed by atoms with Gasteiger partial charge in [-0.05, 0) is 43.0 Å². The maximum Gasteiger partial charge on any atom is 0.412 e. The van der Waals surface area contributed by atoms with E-state index in [1.165, 1.54) is 0 Å². The van der Waals surface area contributed by atoms with Crippen molar-refractivity contribution >= 4 is 18.3 Å². The van der Waals surface area contributed by atoms with E-state index in [2.05, 4.69) is 5.32 Å². The van der Waals surface area contributed by atoms with Gasteiger partial charge in [-0.3, -0.25) is 4.79 Å². The molecule has 0 aromatic heterocycles. The summed E-state index contributed by atoms with van der Waals surface area (Å²) in [4.78, 5) is 12.2. The van der Waals surface area contributed by atoms with Crippen LogP contribution in [0.4, 0.5) is 17.6 Å². The Kier molecular flexibility index (Phi) is 6.83. The standard InChI is InChI=1S/C15H18F4N2O.ClH/c16-11-6-4-9(5-7-11)13(15(17,18)19)21-14(22)12-3-1-2-10(12)8-20;/h4-7,10,12-13H,1-3,8,20H2,(H,21,22);1H/t10-,12-,13?;/m1./s1. The summed E-state index contributed by atoms with van der Waals surface area (Å²) in [5, 5.41) is 2.06. The van der Waals surface area contributed by atoms with Gasteiger partial charge in [-0.1, -0.05) is 18.6 Å². The summed E-state index contributed by atoms with van der Waals surface area (Å²) in [6.45, 7) is 0.283. The Balaban J connectivity index is 0.00000264. The van der Waals surface area contributed by atoms with Crippen molar-refractivity contribution in [3.63, 3.8) is 0 Å². The van der Waals surface area contributed by atoms with Crippen molar-refractivity contribution in [1.82, 2.24) is 5.32 Å². The molecular formula is C15H19ClF4N2O. The van der Waals surface area contributed by atoms with Crippen molar-refractivity contribution in [1.29, 1.82) is 0 Å². The Morgan fingerprint density at radius 1 is 1.26 bits per heavy atom. The number of carbonyl (C=O) groups excluding carboxylic acids is 1. The van der Waals surface area contributed by atoms with Gasteiger partial charge >= 0.3 is 6.18 Å². The monoisotopic (exact) mass is 354 g/mol. The lowest BCUT2D eigenvalue weighted by Crippen LogP contribution is -2.42. The van der Waals surface area contributed by atoms with Gasteiger partial charge in [0.2, 0.25) is 5.91 Å². The van der Waals surface area contributed by atoms with Crippen molar-refractivity contribution < 1.29 is 22.4 Å². The van der Waals surface area contributed by atoms with Crippen LogP contribution in [0.5, 0.6) is 0 Å². The van der Waals surface area contributed by atoms with Crippen LogP contribution in [-0.2, 0) is 4.79 Å². The predicted molar refractivity (Wildman–Crippen MR) is 80.5 cm³/mol. The first-order valence-electron chi connectivity index (χ1n) is 7.15. The normalized spacial score (nSPS) is 22.3. The third kappa shape index (κ3) is 4.81. The highest BCUT2D eigenvalue weighted by molar-refractivity contribution is 5.85. The molecule has 1 saturated carbocycles. The minimum atomic E-state index is -4.65. The molecule has 1 aliphatic carbocycles. The first kappa shape index (κ1) is 19.7. The summed E-state index contributed by atoms with van der Waals surface area (Å²) < 4.78 is 52.5. The third-order valence-corrected chi connectivity index (χ3v) is 4.12. The first-order chi connectivity index (χ1) is 10.3. The SMILES string of the molecule is Cl.NC[C@H]1CCC[C@H]1C(=O)NC(c1ccc(F)cc1)C(F)(F)F. The molecule has 2 rings (SSSR count). The van der Waals surface area contributed by atoms with Gasteiger partial charge in [-0.25, -0.2) is 4.39 Å². The zero-order valence-corrected chi connectivity index (χ0v) is 13.1. The first-order valence-corrected chi connectivity index (χ1v) is 7.15. The minimum absolute atomic E-state index is 0. The molecule has 8 heteroatoms. The molecule has 0 aliphatic heterocycles. The fourth-order valence-corrected chi connectivity index (χ4v) is 2.92. The summed E-state index contributed by atoms with van der Waals surface area (Å²) >= 11 is 0. The average molecular weight is 355 g/mol. The Morgan fingerprint density at radius 2 is 1.87 bits per heavy atom. The summed E-state index contributed by atoms with van der Waals surface area (Å²) in [6.07, 6.45) is -2.57. The Labute approximate surface area is 138 Å². The van der Waals surface area contributed by atoms with Crippen LogP contribution >= 0.6 is 12.4 Å². The molecule has 3 nitrogen and oxygen atoms in total. The number of rotatable bonds is 4. The van der Waals surface area contributed by atoms with E-state index < -0.39 is 29.9 Å². The summed E-state index contributed by atoms with van der Waals surface area (Å²) in [5.74, 6) is -1.84. The topological polar surface area (TPSA) is 55.1 Å². The van der Waals surface area contributed by atoms with E-state index >= 15 is 0 Å². The maximum absolute atomic E-state index is 13.2. The van der Waals surface area contributed by atoms with E-state index in [9.17, 15) is 22.4 Å². The minimum Gasteiger partial charge on any atom is -0.341 e. The number of amides is 1. The van der Waals surface area contributed by atoms with Gasteiger partial charge in [0.25, 0.3) is 0 Å². The van der Waals surface area contributed by atoms with Crippen LogP contribution in [0.15, 0.2) is 24.3 Å². The van der Waals surface area contributed by atoms with E-state index in [1.807, 2.05) is 0 Å². The average Bonchev–Trinajstić information content (AvgIpc) is 2.93. The van der Waals surface area contributed by atoms with Crippen molar-refractivity contribution in [2.45, 2.75) is 31.5 Å². The highest BCUT2D eigenvalue weighted by Gasteiger charge is 2.43. The highest BCUT2D eigenvalue weighted by atomic mass is 35.5. The number of carbonyl (C=O) groups is 1. The lowest BCUT2D eigenvalue weighted by molar-refractivity contribution is -0.165. The molecule has 130 valence electrons. The molecule has 3 atom stereocenters. The largest absolute Gasteiger partial charge is 0.412 e. The quantitative estimate of drug-likeness (QED) is 0.815. The molecule has 3 N–H and O–H groups in total. The van der Waals surface area contributed by atoms with Gasteiger partial charge in [0.15, 0.2) is 6.04 Å². The molecular weight excluding hydrogens is 336 g/mol. The van der Waals surface area contributed by atoms with Crippen molar-refractivity contribution in [2.24, 2.45) is 17.6 Å². The molecule has 0 bridgehead atoms. The Bertz CT molecular complexity index is 521. The predicted octanol–water partition coefficient (Wildman–Crippen LogP) is 3.34. The molecule has 1 aromatic rings. The number of benzene rings is 1. The van der Waals surface area contributed by atoms with Crippen molar-refractivity contribution in [3.8, 4) is 0 Å². The second-order valence-corrected chi connectivity index (χ2v) is 5.57. The van der Waals surface area contributed by atoms with Gasteiger partial charge < -0.3 is 11.1 Å². The molecule has 0 spiro atoms. The molecule has 0 heterocycles. The van der Waals surface area contributed by atoms with Crippen LogP contribution in [0.25, 0.3) is 0 Å². The fourth-order valence-electron chi connectivity index (χ4n) is 2.92. The lowest BCUT2D eigenvalue weighted by Gasteiger charge is -2.25. The number of alkyl halides is 3. The second kappa shape index (κ2) is 7.97. The van der Waals surface area contributed by atoms with E-state index in [4.69, 9.17) is 5.73 Å². The van der Waals surface area contributed by atoms with Crippen LogP contribution in [0.3, 0.4) is 0 Å². The molecule has 0 radical (unpaired) electrons. The van der Waals surface area contributed by atoms with E-state index in [0.29, 0.717) is 6.42 Å². The molecule has 1 aliphatic rings. The Hall–Kier alpha value is -1.34. The van der Waals surface area contributed by atoms with Crippen LogP contribution in [0, 0.1) is 17.7 Å². The molecule has 1 fully saturated rings. The number of hydrogen-bond donors (Lipinski definition) is 2. The molecule has 1 unspecified atom stereocenters. The summed E-state index contributed by atoms with van der Waals surface area (Å²) in [5.41, 5.74) is 5.37. The zero-order chi connectivity index (χ0) is 16.3. The van der Waals surface area contributed by atoms with Crippen LogP contribution in [0.2, 0.25) is 0 Å². The molecule has 1 amide bonds. The van der Waals surface area contributed by atoms with Gasteiger partial charge in [-0.15, -0.1) is 12.4 Å². The molecule has 23 heavy (non-hydrogen) atoms. The maximum atomic E-state index is 13.2. The van der Waals surface area contributed by atoms with Gasteiger partial charge in [0.1, 0.15) is 5.82 Å². The van der Waals surface area contributed by atoms with Gasteiger partial charge in [-0.2, -0.15) is 13.2 Å². The van der Waals surface area contributed by atoms with Crippen LogP contribution in [0.1, 0.15) is 30.9 Å². The van der Waals surface area contributed by atoms with E-state index in [0.717, 1.165) is 37.1 Å². The number of halogens is 5. The van der Waals surface area contributed by atoms with Crippen LogP contribution in [-0.4, -0.2) is 18.6 Å². The van der Waals surface area contributed by atoms with Crippen molar-refractivity contribution in [3.05, 3.63) is 35.6 Å². The van der Waals surface area contributed by atoms with Crippen LogP contribution < -0.4 is 11.1 Å². The van der Waals surface area contributed by atoms with Crippen molar-refractivity contribution in [2.75, 3.05) is 6.54 Å². The fraction of sp³-hybridized carbons (Fsp3) is 0.533. The number of nitrogens with one attached hydrogen (secondary N) is 1. The summed E-state index contributed by atoms with van der Waals surface area (Å²) in [6, 6.07) is 1.81. The Morgan fingerprint density at radius 3 is 2.39 bits per heavy atom. The smallest absolute Gasteiger partial charge is 0.341 e. The molecule has 1 aromatic carbocycles. The number of nitrogens with two attached hydrogens (primary N) is 1. The zero-order valence-electron chi connectivity index (χ0n) is 12.3. The second-order valence-electron chi connectivity index (χ2n) is 5.57. The highest BCUT2D eigenvalue weighted by Crippen LogP contribution is 2.35. The number of hydrogen-bond acceptors (Lipinski definition) is 2. The molecule has 0 saturated heterocycles. The third-order valence-electron chi connectivity index (χ3n) is 4.12. The van der Waals surface area contributed by atoms with E-state index in [1.54, 1.807) is 0 Å². The van der Waals surface area contributed by atoms with E-state index in [-0.39, 0.29) is 30.4 Å². The lowest BCUT2D eigenvalue weighted by atomic mass is 9.94. The van der Waals surface area contributed by atoms with Gasteiger partial charge in [0.05, 0.1) is 0 Å².